The van der Waals surface area contributed by atoms with Crippen LogP contribution in [0.25, 0.3) is 0 Å². The molecule has 19 heavy (non-hydrogen) atoms. The van der Waals surface area contributed by atoms with Gasteiger partial charge in [0.15, 0.2) is 0 Å². The fraction of sp³-hybridized carbons (Fsp3) is 0.462. The van der Waals surface area contributed by atoms with E-state index in [4.69, 9.17) is 0 Å². The van der Waals surface area contributed by atoms with Crippen LogP contribution in [-0.4, -0.2) is 19.6 Å². The molecule has 0 fully saturated rings. The van der Waals surface area contributed by atoms with E-state index in [-0.39, 0.29) is 5.69 Å². The van der Waals surface area contributed by atoms with Crippen molar-refractivity contribution in [1.29, 1.82) is 0 Å². The Bertz CT molecular complexity index is 588. The van der Waals surface area contributed by atoms with Crippen molar-refractivity contribution in [2.45, 2.75) is 38.4 Å². The van der Waals surface area contributed by atoms with E-state index >= 15 is 0 Å². The van der Waals surface area contributed by atoms with E-state index in [0.29, 0.717) is 12.1 Å². The molecule has 1 aromatic rings. The third-order valence-corrected chi connectivity index (χ3v) is 4.40. The Morgan fingerprint density at radius 3 is 2.58 bits per heavy atom. The number of nitro groups is 1. The lowest BCUT2D eigenvalue weighted by molar-refractivity contribution is -0.384. The van der Waals surface area contributed by atoms with Gasteiger partial charge in [0.1, 0.15) is 11.0 Å². The molecule has 2 rings (SSSR count). The summed E-state index contributed by atoms with van der Waals surface area (Å²) in [7, 11) is -1.33. The molecular formula is C13H16N2O3S. The summed E-state index contributed by atoms with van der Waals surface area (Å²) < 4.78 is 15.9. The molecule has 0 radical (unpaired) electrons. The minimum Gasteiger partial charge on any atom is -0.258 e. The van der Waals surface area contributed by atoms with Gasteiger partial charge in [-0.25, -0.2) is 4.21 Å². The summed E-state index contributed by atoms with van der Waals surface area (Å²) in [6.45, 7) is 5.57. The quantitative estimate of drug-likeness (QED) is 0.617. The molecule has 5 nitrogen and oxygen atoms in total. The predicted molar refractivity (Wildman–Crippen MR) is 75.8 cm³/mol. The lowest BCUT2D eigenvalue weighted by Gasteiger charge is -2.14. The molecule has 1 unspecified atom stereocenters. The number of aryl methyl sites for hydroxylation is 1. The molecule has 0 aromatic heterocycles. The number of hydrogen-bond donors (Lipinski definition) is 0. The summed E-state index contributed by atoms with van der Waals surface area (Å²) in [4.78, 5) is 10.4. The molecule has 0 saturated heterocycles. The number of nitrogens with zero attached hydrogens (tertiary/aromatic N) is 2. The Morgan fingerprint density at radius 1 is 1.32 bits per heavy atom. The minimum atomic E-state index is -1.33. The summed E-state index contributed by atoms with van der Waals surface area (Å²) in [5.41, 5.74) is 2.57. The monoisotopic (exact) mass is 280 g/mol. The summed E-state index contributed by atoms with van der Waals surface area (Å²) in [5.74, 6) is 0. The van der Waals surface area contributed by atoms with Crippen molar-refractivity contribution in [3.63, 3.8) is 0 Å². The highest BCUT2D eigenvalue weighted by Crippen LogP contribution is 2.28. The second kappa shape index (κ2) is 4.85. The van der Waals surface area contributed by atoms with Crippen LogP contribution in [0.1, 0.15) is 38.3 Å². The number of non-ortho nitro benzene ring substituents is 1. The molecular weight excluding hydrogens is 264 g/mol. The number of nitro benzene ring substituents is 1. The van der Waals surface area contributed by atoms with Crippen molar-refractivity contribution in [2.24, 2.45) is 4.40 Å². The highest BCUT2D eigenvalue weighted by atomic mass is 32.2. The van der Waals surface area contributed by atoms with Gasteiger partial charge >= 0.3 is 0 Å². The third-order valence-electron chi connectivity index (χ3n) is 2.96. The Kier molecular flexibility index (Phi) is 3.54. The average Bonchev–Trinajstić information content (AvgIpc) is 2.70. The molecule has 6 heteroatoms. The van der Waals surface area contributed by atoms with Crippen molar-refractivity contribution in [3.05, 3.63) is 39.4 Å². The van der Waals surface area contributed by atoms with Crippen LogP contribution >= 0.6 is 0 Å². The molecule has 1 aliphatic carbocycles. The van der Waals surface area contributed by atoms with Crippen LogP contribution < -0.4 is 0 Å². The van der Waals surface area contributed by atoms with Crippen LogP contribution in [0.4, 0.5) is 5.69 Å². The summed E-state index contributed by atoms with van der Waals surface area (Å²) >= 11 is 0. The Morgan fingerprint density at radius 2 is 2.00 bits per heavy atom. The first-order valence-corrected chi connectivity index (χ1v) is 7.17. The molecule has 0 aliphatic heterocycles. The van der Waals surface area contributed by atoms with Crippen molar-refractivity contribution in [1.82, 2.24) is 0 Å². The van der Waals surface area contributed by atoms with Gasteiger partial charge in [-0.2, -0.15) is 4.40 Å². The van der Waals surface area contributed by atoms with Gasteiger partial charge in [-0.05, 0) is 39.2 Å². The van der Waals surface area contributed by atoms with Gasteiger partial charge in [0, 0.05) is 17.7 Å². The fourth-order valence-corrected chi connectivity index (χ4v) is 2.55. The second-order valence-corrected chi connectivity index (χ2v) is 7.40. The van der Waals surface area contributed by atoms with Crippen molar-refractivity contribution >= 4 is 22.4 Å². The zero-order valence-electron chi connectivity index (χ0n) is 11.2. The summed E-state index contributed by atoms with van der Waals surface area (Å²) in [6.07, 6.45) is 1.49. The molecule has 0 N–H and O–H groups in total. The number of rotatable bonds is 2. The van der Waals surface area contributed by atoms with Gasteiger partial charge in [0.25, 0.3) is 5.69 Å². The van der Waals surface area contributed by atoms with E-state index in [1.165, 1.54) is 12.1 Å². The van der Waals surface area contributed by atoms with Crippen LogP contribution in [0.2, 0.25) is 0 Å². The van der Waals surface area contributed by atoms with Gasteiger partial charge < -0.3 is 0 Å². The van der Waals surface area contributed by atoms with Gasteiger partial charge in [0.2, 0.25) is 0 Å². The van der Waals surface area contributed by atoms with Crippen LogP contribution in [0.3, 0.4) is 0 Å². The molecule has 0 saturated carbocycles. The maximum Gasteiger partial charge on any atom is 0.270 e. The lowest BCUT2D eigenvalue weighted by atomic mass is 10.1. The SMILES string of the molecule is CC(C)(C)S(=O)/N=C1\CCc2ccc([N+](=O)[O-])cc21. The summed E-state index contributed by atoms with van der Waals surface area (Å²) in [6, 6.07) is 4.79. The molecule has 102 valence electrons. The van der Waals surface area contributed by atoms with Crippen LogP contribution in [-0.2, 0) is 17.4 Å². The molecule has 1 aliphatic rings. The molecule has 0 heterocycles. The van der Waals surface area contributed by atoms with E-state index in [9.17, 15) is 14.3 Å². The first-order valence-electron chi connectivity index (χ1n) is 6.06. The van der Waals surface area contributed by atoms with Crippen molar-refractivity contribution in [2.75, 3.05) is 0 Å². The highest BCUT2D eigenvalue weighted by molar-refractivity contribution is 7.85. The van der Waals surface area contributed by atoms with Gasteiger partial charge in [-0.3, -0.25) is 10.1 Å². The molecule has 0 spiro atoms. The average molecular weight is 280 g/mol. The minimum absolute atomic E-state index is 0.0508. The molecule has 1 atom stereocenters. The molecule has 0 amide bonds. The Labute approximate surface area is 114 Å². The maximum atomic E-state index is 12.0. The highest BCUT2D eigenvalue weighted by Gasteiger charge is 2.25. The molecule has 0 bridgehead atoms. The smallest absolute Gasteiger partial charge is 0.258 e. The maximum absolute atomic E-state index is 12.0. The van der Waals surface area contributed by atoms with E-state index in [2.05, 4.69) is 4.40 Å². The topological polar surface area (TPSA) is 72.6 Å². The first kappa shape index (κ1) is 13.9. The fourth-order valence-electron chi connectivity index (χ4n) is 1.88. The number of hydrogen-bond acceptors (Lipinski definition) is 3. The van der Waals surface area contributed by atoms with E-state index in [1.807, 2.05) is 20.8 Å². The van der Waals surface area contributed by atoms with E-state index in [0.717, 1.165) is 17.5 Å². The Hall–Kier alpha value is -1.56. The normalized spacial score (nSPS) is 18.4. The van der Waals surface area contributed by atoms with E-state index in [1.54, 1.807) is 6.07 Å². The van der Waals surface area contributed by atoms with Crippen LogP contribution in [0, 0.1) is 10.1 Å². The van der Waals surface area contributed by atoms with Gasteiger partial charge in [-0.15, -0.1) is 0 Å². The van der Waals surface area contributed by atoms with Crippen molar-refractivity contribution < 1.29 is 9.13 Å². The Balaban J connectivity index is 2.41. The summed E-state index contributed by atoms with van der Waals surface area (Å²) in [5, 5.41) is 10.8. The zero-order valence-corrected chi connectivity index (χ0v) is 12.0. The van der Waals surface area contributed by atoms with Crippen molar-refractivity contribution in [3.8, 4) is 0 Å². The van der Waals surface area contributed by atoms with Gasteiger partial charge in [0.05, 0.1) is 15.4 Å². The third kappa shape index (κ3) is 2.89. The van der Waals surface area contributed by atoms with E-state index < -0.39 is 20.7 Å². The second-order valence-electron chi connectivity index (χ2n) is 5.50. The largest absolute Gasteiger partial charge is 0.270 e. The molecule has 1 aromatic carbocycles. The first-order chi connectivity index (χ1) is 8.79. The zero-order chi connectivity index (χ0) is 14.2. The lowest BCUT2D eigenvalue weighted by Crippen LogP contribution is -2.20. The standard InChI is InChI=1S/C13H16N2O3S/c1-13(2,3)19(18)14-12-7-5-9-4-6-10(15(16)17)8-11(9)12/h4,6,8H,5,7H2,1-3H3/b14-12+. The number of fused-ring (bicyclic) bond motifs is 1. The van der Waals surface area contributed by atoms with Gasteiger partial charge in [-0.1, -0.05) is 6.07 Å². The van der Waals surface area contributed by atoms with Crippen LogP contribution in [0.5, 0.6) is 0 Å². The van der Waals surface area contributed by atoms with Crippen LogP contribution in [0.15, 0.2) is 22.6 Å². The predicted octanol–water partition coefficient (Wildman–Crippen LogP) is 2.79. The number of benzene rings is 1.